The number of hydrogen-bond acceptors (Lipinski definition) is 5. The molecule has 0 aromatic carbocycles. The Morgan fingerprint density at radius 1 is 1.44 bits per heavy atom. The fourth-order valence-corrected chi connectivity index (χ4v) is 1.33. The number of carbonyl (C=O) groups is 2. The Bertz CT molecular complexity index is 432. The summed E-state index contributed by atoms with van der Waals surface area (Å²) in [6.07, 6.45) is 1.91. The molecular weight excluding hydrogens is 234 g/mol. The number of anilines is 1. The first kappa shape index (κ1) is 14.0. The van der Waals surface area contributed by atoms with Crippen molar-refractivity contribution in [2.24, 2.45) is 0 Å². The number of aromatic nitrogens is 1. The number of pyridine rings is 1. The topological polar surface area (TPSA) is 71.5 Å². The molecule has 0 aliphatic heterocycles. The van der Waals surface area contributed by atoms with Crippen LogP contribution in [0.5, 0.6) is 0 Å². The standard InChI is InChI=1S/C12H17N3O3/c1-15(2)10(16)6-8-14-11-9(12(17)18-3)5-4-7-13-11/h4-5,7H,6,8H2,1-3H3,(H,13,14). The summed E-state index contributed by atoms with van der Waals surface area (Å²) in [4.78, 5) is 28.4. The average Bonchev–Trinajstić information content (AvgIpc) is 2.38. The van der Waals surface area contributed by atoms with Crippen molar-refractivity contribution in [2.45, 2.75) is 6.42 Å². The molecule has 0 spiro atoms. The maximum atomic E-state index is 11.5. The first-order chi connectivity index (χ1) is 8.56. The van der Waals surface area contributed by atoms with E-state index in [0.717, 1.165) is 0 Å². The smallest absolute Gasteiger partial charge is 0.341 e. The minimum Gasteiger partial charge on any atom is -0.465 e. The molecule has 0 saturated carbocycles. The van der Waals surface area contributed by atoms with Gasteiger partial charge in [-0.05, 0) is 12.1 Å². The lowest BCUT2D eigenvalue weighted by Crippen LogP contribution is -2.24. The molecule has 0 radical (unpaired) electrons. The molecule has 0 fully saturated rings. The van der Waals surface area contributed by atoms with Crippen molar-refractivity contribution >= 4 is 17.7 Å². The Hall–Kier alpha value is -2.11. The van der Waals surface area contributed by atoms with E-state index in [2.05, 4.69) is 15.0 Å². The van der Waals surface area contributed by atoms with E-state index in [9.17, 15) is 9.59 Å². The van der Waals surface area contributed by atoms with Gasteiger partial charge in [-0.25, -0.2) is 9.78 Å². The van der Waals surface area contributed by atoms with Crippen molar-refractivity contribution in [2.75, 3.05) is 33.1 Å². The quantitative estimate of drug-likeness (QED) is 0.782. The van der Waals surface area contributed by atoms with Crippen molar-refractivity contribution in [1.29, 1.82) is 0 Å². The van der Waals surface area contributed by atoms with Crippen LogP contribution in [-0.4, -0.2) is 49.5 Å². The molecule has 0 aliphatic rings. The van der Waals surface area contributed by atoms with E-state index < -0.39 is 5.97 Å². The van der Waals surface area contributed by atoms with Crippen LogP contribution in [0.4, 0.5) is 5.82 Å². The van der Waals surface area contributed by atoms with Gasteiger partial charge in [-0.3, -0.25) is 4.79 Å². The van der Waals surface area contributed by atoms with E-state index in [1.807, 2.05) is 0 Å². The Balaban J connectivity index is 2.62. The molecule has 1 N–H and O–H groups in total. The van der Waals surface area contributed by atoms with Crippen LogP contribution in [0, 0.1) is 0 Å². The zero-order valence-corrected chi connectivity index (χ0v) is 10.8. The summed E-state index contributed by atoms with van der Waals surface area (Å²) in [5, 5.41) is 2.95. The number of carbonyl (C=O) groups excluding carboxylic acids is 2. The molecule has 6 nitrogen and oxygen atoms in total. The van der Waals surface area contributed by atoms with Gasteiger partial charge in [0.25, 0.3) is 0 Å². The Kier molecular flexibility index (Phi) is 5.10. The highest BCUT2D eigenvalue weighted by atomic mass is 16.5. The zero-order chi connectivity index (χ0) is 13.5. The molecule has 0 unspecified atom stereocenters. The summed E-state index contributed by atoms with van der Waals surface area (Å²) in [5.74, 6) is -0.0153. The second-order valence-corrected chi connectivity index (χ2v) is 3.86. The van der Waals surface area contributed by atoms with Gasteiger partial charge in [0.05, 0.1) is 7.11 Å². The van der Waals surface area contributed by atoms with Crippen molar-refractivity contribution in [3.63, 3.8) is 0 Å². The second-order valence-electron chi connectivity index (χ2n) is 3.86. The summed E-state index contributed by atoms with van der Waals surface area (Å²) >= 11 is 0. The van der Waals surface area contributed by atoms with Crippen molar-refractivity contribution in [3.05, 3.63) is 23.9 Å². The molecular formula is C12H17N3O3. The summed E-state index contributed by atoms with van der Waals surface area (Å²) in [6, 6.07) is 3.28. The lowest BCUT2D eigenvalue weighted by atomic mass is 10.2. The van der Waals surface area contributed by atoms with Crippen LogP contribution >= 0.6 is 0 Å². The number of ether oxygens (including phenoxy) is 1. The number of rotatable bonds is 5. The third-order valence-electron chi connectivity index (χ3n) is 2.34. The number of methoxy groups -OCH3 is 1. The fourth-order valence-electron chi connectivity index (χ4n) is 1.33. The Morgan fingerprint density at radius 2 is 2.17 bits per heavy atom. The predicted molar refractivity (Wildman–Crippen MR) is 67.4 cm³/mol. The monoisotopic (exact) mass is 251 g/mol. The maximum Gasteiger partial charge on any atom is 0.341 e. The number of esters is 1. The van der Waals surface area contributed by atoms with Gasteiger partial charge < -0.3 is 15.0 Å². The summed E-state index contributed by atoms with van der Waals surface area (Å²) in [6.45, 7) is 0.415. The van der Waals surface area contributed by atoms with E-state index in [-0.39, 0.29) is 5.91 Å². The molecule has 18 heavy (non-hydrogen) atoms. The summed E-state index contributed by atoms with van der Waals surface area (Å²) in [5.41, 5.74) is 0.359. The summed E-state index contributed by atoms with van der Waals surface area (Å²) < 4.78 is 4.65. The Labute approximate surface area is 106 Å². The molecule has 1 rings (SSSR count). The average molecular weight is 251 g/mol. The van der Waals surface area contributed by atoms with Crippen LogP contribution in [0.1, 0.15) is 16.8 Å². The normalized spacial score (nSPS) is 9.72. The largest absolute Gasteiger partial charge is 0.465 e. The highest BCUT2D eigenvalue weighted by molar-refractivity contribution is 5.94. The minimum absolute atomic E-state index is 0.0121. The van der Waals surface area contributed by atoms with E-state index in [1.54, 1.807) is 32.4 Å². The van der Waals surface area contributed by atoms with Crippen LogP contribution < -0.4 is 5.32 Å². The van der Waals surface area contributed by atoms with Crippen LogP contribution in [0.2, 0.25) is 0 Å². The lowest BCUT2D eigenvalue weighted by Gasteiger charge is -2.12. The molecule has 0 saturated heterocycles. The van der Waals surface area contributed by atoms with Crippen LogP contribution in [0.15, 0.2) is 18.3 Å². The first-order valence-corrected chi connectivity index (χ1v) is 5.53. The number of nitrogens with one attached hydrogen (secondary N) is 1. The van der Waals surface area contributed by atoms with Crippen LogP contribution in [0.3, 0.4) is 0 Å². The van der Waals surface area contributed by atoms with E-state index >= 15 is 0 Å². The highest BCUT2D eigenvalue weighted by Gasteiger charge is 2.12. The van der Waals surface area contributed by atoms with Gasteiger partial charge in [0.2, 0.25) is 5.91 Å². The number of hydrogen-bond donors (Lipinski definition) is 1. The first-order valence-electron chi connectivity index (χ1n) is 5.53. The zero-order valence-electron chi connectivity index (χ0n) is 10.8. The highest BCUT2D eigenvalue weighted by Crippen LogP contribution is 2.12. The number of amides is 1. The second kappa shape index (κ2) is 6.58. The SMILES string of the molecule is COC(=O)c1cccnc1NCCC(=O)N(C)C. The Morgan fingerprint density at radius 3 is 2.78 bits per heavy atom. The third kappa shape index (κ3) is 3.73. The van der Waals surface area contributed by atoms with Gasteiger partial charge in [0.1, 0.15) is 11.4 Å². The predicted octanol–water partition coefficient (Wildman–Crippen LogP) is 0.758. The minimum atomic E-state index is -0.454. The molecule has 98 valence electrons. The maximum absolute atomic E-state index is 11.5. The number of nitrogens with zero attached hydrogens (tertiary/aromatic N) is 2. The van der Waals surface area contributed by atoms with Gasteiger partial charge in [-0.1, -0.05) is 0 Å². The molecule has 6 heteroatoms. The molecule has 0 aliphatic carbocycles. The molecule has 0 bridgehead atoms. The van der Waals surface area contributed by atoms with Gasteiger partial charge in [0, 0.05) is 33.3 Å². The van der Waals surface area contributed by atoms with Gasteiger partial charge in [0.15, 0.2) is 0 Å². The van der Waals surface area contributed by atoms with Crippen molar-refractivity contribution < 1.29 is 14.3 Å². The summed E-state index contributed by atoms with van der Waals surface area (Å²) in [7, 11) is 4.71. The molecule has 1 aromatic heterocycles. The van der Waals surface area contributed by atoms with Crippen LogP contribution in [0.25, 0.3) is 0 Å². The molecule has 0 atom stereocenters. The molecule has 1 amide bonds. The van der Waals surface area contributed by atoms with E-state index in [1.165, 1.54) is 12.0 Å². The van der Waals surface area contributed by atoms with Gasteiger partial charge in [-0.2, -0.15) is 0 Å². The lowest BCUT2D eigenvalue weighted by molar-refractivity contribution is -0.128. The molecule has 1 heterocycles. The van der Waals surface area contributed by atoms with Gasteiger partial charge >= 0.3 is 5.97 Å². The van der Waals surface area contributed by atoms with Gasteiger partial charge in [-0.15, -0.1) is 0 Å². The van der Waals surface area contributed by atoms with Crippen molar-refractivity contribution in [3.8, 4) is 0 Å². The molecule has 1 aromatic rings. The van der Waals surface area contributed by atoms with Crippen molar-refractivity contribution in [1.82, 2.24) is 9.88 Å². The fraction of sp³-hybridized carbons (Fsp3) is 0.417. The van der Waals surface area contributed by atoms with E-state index in [0.29, 0.717) is 24.3 Å². The third-order valence-corrected chi connectivity index (χ3v) is 2.34. The van der Waals surface area contributed by atoms with E-state index in [4.69, 9.17) is 0 Å². The van der Waals surface area contributed by atoms with Crippen LogP contribution in [-0.2, 0) is 9.53 Å².